The van der Waals surface area contributed by atoms with E-state index in [-0.39, 0.29) is 12.1 Å². The van der Waals surface area contributed by atoms with Gasteiger partial charge in [0.05, 0.1) is 19.2 Å². The van der Waals surface area contributed by atoms with Crippen molar-refractivity contribution in [2.75, 3.05) is 13.7 Å². The van der Waals surface area contributed by atoms with Gasteiger partial charge in [-0.05, 0) is 48.6 Å². The molecule has 1 amide bonds. The van der Waals surface area contributed by atoms with Gasteiger partial charge in [-0.1, -0.05) is 24.3 Å². The quantitative estimate of drug-likeness (QED) is 0.907. The van der Waals surface area contributed by atoms with Gasteiger partial charge in [0.25, 0.3) is 5.91 Å². The number of hydrogen-bond donors (Lipinski definition) is 2. The van der Waals surface area contributed by atoms with Crippen molar-refractivity contribution in [2.45, 2.75) is 24.9 Å². The summed E-state index contributed by atoms with van der Waals surface area (Å²) in [6.45, 7) is 0.0719. The number of carbonyl (C=O) groups excluding carboxylic acids is 1. The van der Waals surface area contributed by atoms with Crippen LogP contribution in [0.4, 0.5) is 4.39 Å². The van der Waals surface area contributed by atoms with Gasteiger partial charge in [-0.25, -0.2) is 4.39 Å². The largest absolute Gasteiger partial charge is 0.496 e. The van der Waals surface area contributed by atoms with Gasteiger partial charge >= 0.3 is 0 Å². The van der Waals surface area contributed by atoms with E-state index in [1.165, 1.54) is 19.2 Å². The molecule has 0 aliphatic heterocycles. The molecule has 2 N–H and O–H groups in total. The molecule has 0 aromatic heterocycles. The molecule has 24 heavy (non-hydrogen) atoms. The summed E-state index contributed by atoms with van der Waals surface area (Å²) in [6, 6.07) is 11.5. The van der Waals surface area contributed by atoms with Gasteiger partial charge in [0, 0.05) is 0 Å². The molecule has 0 spiro atoms. The molecule has 1 aliphatic carbocycles. The smallest absolute Gasteiger partial charge is 0.255 e. The molecule has 1 atom stereocenters. The van der Waals surface area contributed by atoms with Crippen LogP contribution < -0.4 is 10.1 Å². The maximum atomic E-state index is 13.4. The number of nitrogens with one attached hydrogen (secondary N) is 1. The zero-order valence-electron chi connectivity index (χ0n) is 13.5. The summed E-state index contributed by atoms with van der Waals surface area (Å²) < 4.78 is 18.5. The fourth-order valence-corrected chi connectivity index (χ4v) is 3.26. The van der Waals surface area contributed by atoms with Crippen LogP contribution in [-0.2, 0) is 12.0 Å². The molecule has 0 heterocycles. The summed E-state index contributed by atoms with van der Waals surface area (Å²) in [7, 11) is 1.43. The van der Waals surface area contributed by atoms with Crippen LogP contribution in [0.15, 0.2) is 42.5 Å². The van der Waals surface area contributed by atoms with Gasteiger partial charge < -0.3 is 15.2 Å². The standard InChI is InChI=1S/C19H20FNO3/c1-24-17-9-8-14(20)11-15(17)18(22)21-12-19(23)10-4-6-13-5-2-3-7-16(13)19/h2-3,5,7-9,11,23H,4,6,10,12H2,1H3,(H,21,22). The van der Waals surface area contributed by atoms with Gasteiger partial charge in [-0.15, -0.1) is 0 Å². The third kappa shape index (κ3) is 3.12. The van der Waals surface area contributed by atoms with E-state index in [9.17, 15) is 14.3 Å². The Labute approximate surface area is 140 Å². The minimum Gasteiger partial charge on any atom is -0.496 e. The highest BCUT2D eigenvalue weighted by Crippen LogP contribution is 2.34. The van der Waals surface area contributed by atoms with E-state index in [4.69, 9.17) is 4.74 Å². The highest BCUT2D eigenvalue weighted by Gasteiger charge is 2.34. The van der Waals surface area contributed by atoms with Crippen LogP contribution in [0, 0.1) is 5.82 Å². The Morgan fingerprint density at radius 2 is 2.12 bits per heavy atom. The van der Waals surface area contributed by atoms with Crippen LogP contribution in [0.1, 0.15) is 34.3 Å². The molecule has 0 saturated carbocycles. The zero-order valence-corrected chi connectivity index (χ0v) is 13.5. The molecule has 3 rings (SSSR count). The van der Waals surface area contributed by atoms with Crippen molar-refractivity contribution in [2.24, 2.45) is 0 Å². The molecular formula is C19H20FNO3. The Balaban J connectivity index is 1.79. The lowest BCUT2D eigenvalue weighted by atomic mass is 9.79. The van der Waals surface area contributed by atoms with Crippen molar-refractivity contribution < 1.29 is 19.0 Å². The highest BCUT2D eigenvalue weighted by atomic mass is 19.1. The summed E-state index contributed by atoms with van der Waals surface area (Å²) in [5.74, 6) is -0.685. The fourth-order valence-electron chi connectivity index (χ4n) is 3.26. The number of aryl methyl sites for hydroxylation is 1. The number of amides is 1. The van der Waals surface area contributed by atoms with Crippen molar-refractivity contribution in [3.8, 4) is 5.75 Å². The third-order valence-electron chi connectivity index (χ3n) is 4.50. The van der Waals surface area contributed by atoms with Crippen molar-refractivity contribution >= 4 is 5.91 Å². The lowest BCUT2D eigenvalue weighted by Gasteiger charge is -2.34. The summed E-state index contributed by atoms with van der Waals surface area (Å²) >= 11 is 0. The van der Waals surface area contributed by atoms with Crippen molar-refractivity contribution in [1.82, 2.24) is 5.32 Å². The lowest BCUT2D eigenvalue weighted by Crippen LogP contribution is -2.43. The van der Waals surface area contributed by atoms with E-state index in [0.717, 1.165) is 30.0 Å². The van der Waals surface area contributed by atoms with E-state index in [1.807, 2.05) is 24.3 Å². The Kier molecular flexibility index (Phi) is 4.53. The van der Waals surface area contributed by atoms with Gasteiger partial charge in [0.2, 0.25) is 0 Å². The van der Waals surface area contributed by atoms with Crippen LogP contribution in [0.2, 0.25) is 0 Å². The molecule has 1 aliphatic rings. The second-order valence-corrected chi connectivity index (χ2v) is 6.07. The van der Waals surface area contributed by atoms with Crippen LogP contribution in [-0.4, -0.2) is 24.7 Å². The number of rotatable bonds is 4. The summed E-state index contributed by atoms with van der Waals surface area (Å²) in [6.07, 6.45) is 2.35. The normalized spacial score (nSPS) is 19.5. The predicted octanol–water partition coefficient (Wildman–Crippen LogP) is 2.79. The Bertz CT molecular complexity index is 762. The highest BCUT2D eigenvalue weighted by molar-refractivity contribution is 5.97. The van der Waals surface area contributed by atoms with E-state index in [0.29, 0.717) is 12.2 Å². The second-order valence-electron chi connectivity index (χ2n) is 6.07. The number of fused-ring (bicyclic) bond motifs is 1. The molecule has 2 aromatic rings. The topological polar surface area (TPSA) is 58.6 Å². The number of methoxy groups -OCH3 is 1. The SMILES string of the molecule is COc1ccc(F)cc1C(=O)NCC1(O)CCCc2ccccc21. The van der Waals surface area contributed by atoms with E-state index >= 15 is 0 Å². The minimum atomic E-state index is -1.11. The molecule has 126 valence electrons. The monoisotopic (exact) mass is 329 g/mol. The molecule has 0 bridgehead atoms. The number of ether oxygens (including phenoxy) is 1. The molecule has 2 aromatic carbocycles. The number of carbonyl (C=O) groups is 1. The van der Waals surface area contributed by atoms with Crippen LogP contribution >= 0.6 is 0 Å². The Morgan fingerprint density at radius 1 is 1.33 bits per heavy atom. The molecule has 0 radical (unpaired) electrons. The number of halogens is 1. The Morgan fingerprint density at radius 3 is 2.92 bits per heavy atom. The van der Waals surface area contributed by atoms with E-state index in [1.54, 1.807) is 0 Å². The first kappa shape index (κ1) is 16.5. The van der Waals surface area contributed by atoms with Gasteiger partial charge in [0.1, 0.15) is 17.2 Å². The first-order chi connectivity index (χ1) is 11.5. The first-order valence-electron chi connectivity index (χ1n) is 7.96. The first-order valence-corrected chi connectivity index (χ1v) is 7.96. The van der Waals surface area contributed by atoms with E-state index < -0.39 is 17.3 Å². The lowest BCUT2D eigenvalue weighted by molar-refractivity contribution is 0.0189. The molecule has 4 nitrogen and oxygen atoms in total. The zero-order chi connectivity index (χ0) is 17.2. The molecule has 0 saturated heterocycles. The molecular weight excluding hydrogens is 309 g/mol. The van der Waals surface area contributed by atoms with Crippen molar-refractivity contribution in [3.05, 3.63) is 65.0 Å². The van der Waals surface area contributed by atoms with Crippen molar-refractivity contribution in [1.29, 1.82) is 0 Å². The second kappa shape index (κ2) is 6.61. The van der Waals surface area contributed by atoms with Gasteiger partial charge in [-0.3, -0.25) is 4.79 Å². The molecule has 0 fully saturated rings. The maximum Gasteiger partial charge on any atom is 0.255 e. The van der Waals surface area contributed by atoms with Crippen LogP contribution in [0.5, 0.6) is 5.75 Å². The molecule has 5 heteroatoms. The average Bonchev–Trinajstić information content (AvgIpc) is 2.60. The Hall–Kier alpha value is -2.40. The summed E-state index contributed by atoms with van der Waals surface area (Å²) in [5.41, 5.74) is 0.960. The third-order valence-corrected chi connectivity index (χ3v) is 4.50. The maximum absolute atomic E-state index is 13.4. The fraction of sp³-hybridized carbons (Fsp3) is 0.316. The average molecular weight is 329 g/mol. The summed E-state index contributed by atoms with van der Waals surface area (Å²) in [4.78, 5) is 12.4. The number of hydrogen-bond acceptors (Lipinski definition) is 3. The number of benzene rings is 2. The van der Waals surface area contributed by atoms with Crippen LogP contribution in [0.3, 0.4) is 0 Å². The van der Waals surface area contributed by atoms with Gasteiger partial charge in [0.15, 0.2) is 0 Å². The summed E-state index contributed by atoms with van der Waals surface area (Å²) in [5, 5.41) is 13.7. The van der Waals surface area contributed by atoms with Gasteiger partial charge in [-0.2, -0.15) is 0 Å². The van der Waals surface area contributed by atoms with E-state index in [2.05, 4.69) is 5.32 Å². The predicted molar refractivity (Wildman–Crippen MR) is 88.6 cm³/mol. The molecule has 1 unspecified atom stereocenters. The minimum absolute atomic E-state index is 0.0719. The number of aliphatic hydroxyl groups is 1. The van der Waals surface area contributed by atoms with Crippen molar-refractivity contribution in [3.63, 3.8) is 0 Å². The van der Waals surface area contributed by atoms with Crippen LogP contribution in [0.25, 0.3) is 0 Å².